The van der Waals surface area contributed by atoms with E-state index in [4.69, 9.17) is 0 Å². The highest BCUT2D eigenvalue weighted by atomic mass is 16.5. The highest BCUT2D eigenvalue weighted by molar-refractivity contribution is 5.93. The first-order valence-electron chi connectivity index (χ1n) is 5.90. The summed E-state index contributed by atoms with van der Waals surface area (Å²) in [6.07, 6.45) is 1.62. The summed E-state index contributed by atoms with van der Waals surface area (Å²) in [6, 6.07) is 7.87. The second-order valence-electron chi connectivity index (χ2n) is 3.85. The molecule has 0 bridgehead atoms. The minimum Gasteiger partial charge on any atom is -0.711 e. The van der Waals surface area contributed by atoms with Crippen LogP contribution in [0.1, 0.15) is 13.8 Å². The lowest BCUT2D eigenvalue weighted by Gasteiger charge is -2.12. The van der Waals surface area contributed by atoms with Gasteiger partial charge in [0, 0.05) is 23.7 Å². The molecule has 17 heavy (non-hydrogen) atoms. The lowest BCUT2D eigenvalue weighted by atomic mass is 10.1. The fraction of sp³-hybridized carbons (Fsp3) is 0.308. The molecule has 2 aromatic rings. The molecule has 0 unspecified atom stereocenters. The van der Waals surface area contributed by atoms with Crippen molar-refractivity contribution in [3.8, 4) is 0 Å². The number of aromatic nitrogens is 1. The SMILES string of the molecule is CCNc1cccc2cc(NCC)[n+]([O-])cc12. The zero-order valence-electron chi connectivity index (χ0n) is 10.2. The van der Waals surface area contributed by atoms with Crippen molar-refractivity contribution in [2.24, 2.45) is 0 Å². The van der Waals surface area contributed by atoms with Crippen LogP contribution in [0, 0.1) is 5.21 Å². The molecule has 0 aliphatic carbocycles. The molecule has 2 rings (SSSR count). The van der Waals surface area contributed by atoms with Gasteiger partial charge in [0.25, 0.3) is 5.82 Å². The number of nitrogens with zero attached hydrogens (tertiary/aromatic N) is 1. The lowest BCUT2D eigenvalue weighted by Crippen LogP contribution is -2.30. The quantitative estimate of drug-likeness (QED) is 0.627. The van der Waals surface area contributed by atoms with Crippen molar-refractivity contribution in [2.45, 2.75) is 13.8 Å². The Labute approximate surface area is 101 Å². The van der Waals surface area contributed by atoms with Gasteiger partial charge in [-0.15, -0.1) is 0 Å². The van der Waals surface area contributed by atoms with Crippen LogP contribution in [0.2, 0.25) is 0 Å². The first kappa shape index (κ1) is 11.5. The van der Waals surface area contributed by atoms with Gasteiger partial charge in [-0.2, -0.15) is 0 Å². The van der Waals surface area contributed by atoms with Crippen molar-refractivity contribution in [2.75, 3.05) is 23.7 Å². The molecule has 0 spiro atoms. The zero-order valence-corrected chi connectivity index (χ0v) is 10.2. The number of hydrogen-bond donors (Lipinski definition) is 2. The van der Waals surface area contributed by atoms with Gasteiger partial charge < -0.3 is 10.5 Å². The van der Waals surface area contributed by atoms with E-state index in [1.807, 2.05) is 38.1 Å². The summed E-state index contributed by atoms with van der Waals surface area (Å²) in [6.45, 7) is 5.59. The zero-order chi connectivity index (χ0) is 12.3. The van der Waals surface area contributed by atoms with Gasteiger partial charge in [0.15, 0.2) is 0 Å². The molecule has 0 aliphatic rings. The van der Waals surface area contributed by atoms with E-state index in [0.717, 1.165) is 34.3 Å². The molecule has 0 atom stereocenters. The molecule has 2 N–H and O–H groups in total. The maximum Gasteiger partial charge on any atom is 0.278 e. The highest BCUT2D eigenvalue weighted by Gasteiger charge is 2.07. The lowest BCUT2D eigenvalue weighted by molar-refractivity contribution is -0.588. The van der Waals surface area contributed by atoms with Crippen molar-refractivity contribution in [1.29, 1.82) is 0 Å². The van der Waals surface area contributed by atoms with Crippen LogP contribution in [-0.2, 0) is 0 Å². The maximum atomic E-state index is 11.8. The van der Waals surface area contributed by atoms with Gasteiger partial charge in [-0.05, 0) is 25.3 Å². The molecule has 0 fully saturated rings. The van der Waals surface area contributed by atoms with Gasteiger partial charge in [0.1, 0.15) is 6.20 Å². The Kier molecular flexibility index (Phi) is 3.32. The number of hydrogen-bond acceptors (Lipinski definition) is 3. The second-order valence-corrected chi connectivity index (χ2v) is 3.85. The van der Waals surface area contributed by atoms with Crippen LogP contribution in [-0.4, -0.2) is 13.1 Å². The first-order valence-corrected chi connectivity index (χ1v) is 5.90. The molecular weight excluding hydrogens is 214 g/mol. The summed E-state index contributed by atoms with van der Waals surface area (Å²) in [5.41, 5.74) is 0.998. The van der Waals surface area contributed by atoms with Crippen LogP contribution < -0.4 is 15.4 Å². The molecule has 0 radical (unpaired) electrons. The minimum atomic E-state index is 0.591. The molecule has 0 saturated carbocycles. The van der Waals surface area contributed by atoms with E-state index in [-0.39, 0.29) is 0 Å². The summed E-state index contributed by atoms with van der Waals surface area (Å²) >= 11 is 0. The van der Waals surface area contributed by atoms with Crippen molar-refractivity contribution in [3.05, 3.63) is 35.7 Å². The predicted octanol–water partition coefficient (Wildman–Crippen LogP) is 2.34. The van der Waals surface area contributed by atoms with Gasteiger partial charge in [-0.1, -0.05) is 12.1 Å². The molecule has 0 amide bonds. The average molecular weight is 231 g/mol. The Morgan fingerprint density at radius 2 is 1.94 bits per heavy atom. The van der Waals surface area contributed by atoms with E-state index < -0.39 is 0 Å². The molecule has 90 valence electrons. The fourth-order valence-electron chi connectivity index (χ4n) is 1.91. The summed E-state index contributed by atoms with van der Waals surface area (Å²) in [5.74, 6) is 0.591. The molecule has 4 nitrogen and oxygen atoms in total. The Balaban J connectivity index is 2.56. The fourth-order valence-corrected chi connectivity index (χ4v) is 1.91. The maximum absolute atomic E-state index is 11.8. The number of rotatable bonds is 4. The van der Waals surface area contributed by atoms with Crippen LogP contribution in [0.15, 0.2) is 30.5 Å². The second kappa shape index (κ2) is 4.91. The molecule has 1 aromatic carbocycles. The molecule has 0 saturated heterocycles. The third-order valence-corrected chi connectivity index (χ3v) is 2.64. The molecular formula is C13H17N3O. The van der Waals surface area contributed by atoms with Crippen LogP contribution in [0.3, 0.4) is 0 Å². The largest absolute Gasteiger partial charge is 0.711 e. The van der Waals surface area contributed by atoms with Gasteiger partial charge in [-0.25, -0.2) is 4.73 Å². The topological polar surface area (TPSA) is 51.0 Å². The normalized spacial score (nSPS) is 10.5. The average Bonchev–Trinajstić information content (AvgIpc) is 2.32. The van der Waals surface area contributed by atoms with E-state index in [1.165, 1.54) is 0 Å². The summed E-state index contributed by atoms with van der Waals surface area (Å²) in [5, 5.41) is 20.1. The van der Waals surface area contributed by atoms with Crippen molar-refractivity contribution in [1.82, 2.24) is 0 Å². The molecule has 1 heterocycles. The van der Waals surface area contributed by atoms with Gasteiger partial charge >= 0.3 is 0 Å². The van der Waals surface area contributed by atoms with Gasteiger partial charge in [-0.3, -0.25) is 5.32 Å². The first-order chi connectivity index (χ1) is 8.26. The monoisotopic (exact) mass is 231 g/mol. The number of nitrogens with one attached hydrogen (secondary N) is 2. The van der Waals surface area contributed by atoms with E-state index >= 15 is 0 Å². The Hall–Kier alpha value is -1.97. The van der Waals surface area contributed by atoms with E-state index in [9.17, 15) is 5.21 Å². The number of benzene rings is 1. The van der Waals surface area contributed by atoms with Crippen LogP contribution in [0.5, 0.6) is 0 Å². The Morgan fingerprint density at radius 3 is 2.65 bits per heavy atom. The third kappa shape index (κ3) is 2.25. The standard InChI is InChI=1S/C13H17N3O/c1-3-14-12-7-5-6-10-8-13(15-4-2)16(17)9-11(10)12/h5-9,14-15H,3-4H2,1-2H3. The summed E-state index contributed by atoms with van der Waals surface area (Å²) < 4.78 is 0.882. The van der Waals surface area contributed by atoms with Crippen molar-refractivity contribution < 1.29 is 4.73 Å². The minimum absolute atomic E-state index is 0.591. The number of fused-ring (bicyclic) bond motifs is 1. The van der Waals surface area contributed by atoms with Crippen LogP contribution in [0.25, 0.3) is 10.8 Å². The highest BCUT2D eigenvalue weighted by Crippen LogP contribution is 2.23. The molecule has 4 heteroatoms. The van der Waals surface area contributed by atoms with E-state index in [2.05, 4.69) is 10.6 Å². The third-order valence-electron chi connectivity index (χ3n) is 2.64. The van der Waals surface area contributed by atoms with Crippen molar-refractivity contribution >= 4 is 22.3 Å². The number of pyridine rings is 1. The molecule has 1 aromatic heterocycles. The van der Waals surface area contributed by atoms with Gasteiger partial charge in [0.05, 0.1) is 6.54 Å². The Bertz CT molecular complexity index is 525. The summed E-state index contributed by atoms with van der Waals surface area (Å²) in [4.78, 5) is 0. The predicted molar refractivity (Wildman–Crippen MR) is 71.2 cm³/mol. The van der Waals surface area contributed by atoms with E-state index in [1.54, 1.807) is 6.20 Å². The molecule has 0 aliphatic heterocycles. The number of anilines is 2. The summed E-state index contributed by atoms with van der Waals surface area (Å²) in [7, 11) is 0. The van der Waals surface area contributed by atoms with Gasteiger partial charge in [0.2, 0.25) is 0 Å². The van der Waals surface area contributed by atoms with E-state index in [0.29, 0.717) is 5.82 Å². The van der Waals surface area contributed by atoms with Crippen molar-refractivity contribution in [3.63, 3.8) is 0 Å². The Morgan fingerprint density at radius 1 is 1.18 bits per heavy atom. The smallest absolute Gasteiger partial charge is 0.278 e. The van der Waals surface area contributed by atoms with Crippen LogP contribution >= 0.6 is 0 Å². The van der Waals surface area contributed by atoms with Crippen LogP contribution in [0.4, 0.5) is 11.5 Å².